The smallest absolute Gasteiger partial charge is 0.212 e. The molecule has 0 bridgehead atoms. The predicted molar refractivity (Wildman–Crippen MR) is 90.0 cm³/mol. The number of unbranched alkanes of at least 4 members (excludes halogenated alkanes) is 1. The molecule has 2 aromatic heterocycles. The van der Waals surface area contributed by atoms with Gasteiger partial charge in [-0.15, -0.1) is 0 Å². The molecule has 0 radical (unpaired) electrons. The molecule has 0 fully saturated rings. The normalized spacial score (nSPS) is 11.1. The van der Waals surface area contributed by atoms with E-state index in [2.05, 4.69) is 9.97 Å². The molecule has 0 atom stereocenters. The molecule has 2 heterocycles. The Morgan fingerprint density at radius 2 is 2.09 bits per heavy atom. The minimum Gasteiger partial charge on any atom is -0.481 e. The van der Waals surface area contributed by atoms with Crippen LogP contribution in [0.4, 0.5) is 4.39 Å². The van der Waals surface area contributed by atoms with E-state index in [0.29, 0.717) is 12.4 Å². The summed E-state index contributed by atoms with van der Waals surface area (Å²) in [6, 6.07) is 8.62. The fourth-order valence-corrected chi connectivity index (χ4v) is 2.82. The summed E-state index contributed by atoms with van der Waals surface area (Å²) in [6.07, 6.45) is 4.53. The van der Waals surface area contributed by atoms with Crippen molar-refractivity contribution < 1.29 is 9.13 Å². The molecule has 4 nitrogen and oxygen atoms in total. The molecule has 0 saturated heterocycles. The van der Waals surface area contributed by atoms with E-state index in [1.807, 2.05) is 12.1 Å². The van der Waals surface area contributed by atoms with E-state index in [9.17, 15) is 4.39 Å². The van der Waals surface area contributed by atoms with Crippen LogP contribution in [0.5, 0.6) is 5.88 Å². The number of ether oxygens (including phenoxy) is 1. The molecule has 1 aromatic carbocycles. The van der Waals surface area contributed by atoms with Crippen molar-refractivity contribution in [2.45, 2.75) is 19.3 Å². The maximum absolute atomic E-state index is 13.7. The summed E-state index contributed by atoms with van der Waals surface area (Å²) in [5.74, 6) is 0.344. The van der Waals surface area contributed by atoms with Gasteiger partial charge in [0.15, 0.2) is 0 Å². The van der Waals surface area contributed by atoms with Crippen LogP contribution in [0, 0.1) is 5.82 Å². The van der Waals surface area contributed by atoms with Gasteiger partial charge in [-0.2, -0.15) is 0 Å². The van der Waals surface area contributed by atoms with Crippen molar-refractivity contribution in [3.05, 3.63) is 47.9 Å². The van der Waals surface area contributed by atoms with Crippen LogP contribution in [0.15, 0.2) is 36.5 Å². The number of halogens is 1. The van der Waals surface area contributed by atoms with Gasteiger partial charge in [0.05, 0.1) is 12.8 Å². The number of hydrogen-bond acceptors (Lipinski definition) is 3. The molecule has 0 aliphatic rings. The average molecular weight is 313 g/mol. The van der Waals surface area contributed by atoms with Gasteiger partial charge >= 0.3 is 0 Å². The summed E-state index contributed by atoms with van der Waals surface area (Å²) in [5, 5.41) is 0.924. The van der Waals surface area contributed by atoms with Crippen LogP contribution in [0.3, 0.4) is 0 Å². The van der Waals surface area contributed by atoms with Gasteiger partial charge in [-0.3, -0.25) is 0 Å². The third-order valence-electron chi connectivity index (χ3n) is 3.98. The van der Waals surface area contributed by atoms with E-state index in [4.69, 9.17) is 10.5 Å². The number of aryl methyl sites for hydroxylation is 1. The zero-order valence-corrected chi connectivity index (χ0v) is 13.1. The lowest BCUT2D eigenvalue weighted by Crippen LogP contribution is -1.99. The number of rotatable bonds is 6. The van der Waals surface area contributed by atoms with Crippen LogP contribution in [0.2, 0.25) is 0 Å². The van der Waals surface area contributed by atoms with Gasteiger partial charge in [-0.1, -0.05) is 0 Å². The van der Waals surface area contributed by atoms with E-state index in [1.54, 1.807) is 25.4 Å². The standard InChI is InChI=1S/C18H20FN3O/c1-23-17-8-5-12(11-21-17)18-14(4-2-3-9-20)15-10-13(19)6-7-16(15)22-18/h5-8,10-11,22H,2-4,9,20H2,1H3. The second-order valence-electron chi connectivity index (χ2n) is 5.50. The Bertz CT molecular complexity index is 796. The van der Waals surface area contributed by atoms with Crippen molar-refractivity contribution in [1.29, 1.82) is 0 Å². The van der Waals surface area contributed by atoms with Crippen LogP contribution in [-0.2, 0) is 6.42 Å². The lowest BCUT2D eigenvalue weighted by Gasteiger charge is -2.06. The summed E-state index contributed by atoms with van der Waals surface area (Å²) >= 11 is 0. The predicted octanol–water partition coefficient (Wildman–Crippen LogP) is 3.66. The fraction of sp³-hybridized carbons (Fsp3) is 0.278. The van der Waals surface area contributed by atoms with Gasteiger partial charge in [0.1, 0.15) is 5.82 Å². The molecular formula is C18H20FN3O. The molecule has 0 spiro atoms. The summed E-state index contributed by atoms with van der Waals surface area (Å²) in [7, 11) is 1.59. The molecule has 0 amide bonds. The number of pyridine rings is 1. The Balaban J connectivity index is 2.07. The Morgan fingerprint density at radius 1 is 1.22 bits per heavy atom. The minimum absolute atomic E-state index is 0.226. The average Bonchev–Trinajstić information content (AvgIpc) is 2.93. The van der Waals surface area contributed by atoms with E-state index >= 15 is 0 Å². The monoisotopic (exact) mass is 313 g/mol. The first-order valence-electron chi connectivity index (χ1n) is 7.73. The van der Waals surface area contributed by atoms with Gasteiger partial charge in [-0.05, 0) is 55.6 Å². The number of methoxy groups -OCH3 is 1. The second-order valence-corrected chi connectivity index (χ2v) is 5.50. The van der Waals surface area contributed by atoms with Crippen molar-refractivity contribution in [2.75, 3.05) is 13.7 Å². The zero-order valence-electron chi connectivity index (χ0n) is 13.1. The number of hydrogen-bond donors (Lipinski definition) is 2. The number of nitrogens with one attached hydrogen (secondary N) is 1. The lowest BCUT2D eigenvalue weighted by atomic mass is 10.0. The number of nitrogens with zero attached hydrogens (tertiary/aromatic N) is 1. The van der Waals surface area contributed by atoms with Crippen molar-refractivity contribution in [3.63, 3.8) is 0 Å². The fourth-order valence-electron chi connectivity index (χ4n) is 2.82. The summed E-state index contributed by atoms with van der Waals surface area (Å²) in [4.78, 5) is 7.66. The van der Waals surface area contributed by atoms with Crippen LogP contribution in [0.25, 0.3) is 22.2 Å². The van der Waals surface area contributed by atoms with E-state index in [1.165, 1.54) is 6.07 Å². The SMILES string of the molecule is COc1ccc(-c2[nH]c3ccc(F)cc3c2CCCCN)cn1. The third kappa shape index (κ3) is 3.19. The molecule has 120 valence electrons. The van der Waals surface area contributed by atoms with Crippen LogP contribution in [-0.4, -0.2) is 23.6 Å². The minimum atomic E-state index is -0.226. The van der Waals surface area contributed by atoms with Gasteiger partial charge < -0.3 is 15.5 Å². The number of fused-ring (bicyclic) bond motifs is 1. The Hall–Kier alpha value is -2.40. The number of H-pyrrole nitrogens is 1. The van der Waals surface area contributed by atoms with Crippen LogP contribution in [0.1, 0.15) is 18.4 Å². The van der Waals surface area contributed by atoms with Crippen molar-refractivity contribution in [2.24, 2.45) is 5.73 Å². The third-order valence-corrected chi connectivity index (χ3v) is 3.98. The molecule has 23 heavy (non-hydrogen) atoms. The summed E-state index contributed by atoms with van der Waals surface area (Å²) in [6.45, 7) is 0.663. The summed E-state index contributed by atoms with van der Waals surface area (Å²) < 4.78 is 18.8. The number of aromatic amines is 1. The number of benzene rings is 1. The van der Waals surface area contributed by atoms with E-state index in [-0.39, 0.29) is 5.82 Å². The highest BCUT2D eigenvalue weighted by Gasteiger charge is 2.14. The molecule has 0 aliphatic heterocycles. The largest absolute Gasteiger partial charge is 0.481 e. The second kappa shape index (κ2) is 6.79. The number of aromatic nitrogens is 2. The van der Waals surface area contributed by atoms with Crippen molar-refractivity contribution in [1.82, 2.24) is 9.97 Å². The van der Waals surface area contributed by atoms with Crippen LogP contribution >= 0.6 is 0 Å². The zero-order chi connectivity index (χ0) is 16.2. The molecule has 0 aliphatic carbocycles. The maximum atomic E-state index is 13.7. The maximum Gasteiger partial charge on any atom is 0.212 e. The van der Waals surface area contributed by atoms with Gasteiger partial charge in [0.2, 0.25) is 5.88 Å². The van der Waals surface area contributed by atoms with Gasteiger partial charge in [0, 0.05) is 28.7 Å². The van der Waals surface area contributed by atoms with Crippen molar-refractivity contribution >= 4 is 10.9 Å². The van der Waals surface area contributed by atoms with Crippen molar-refractivity contribution in [3.8, 4) is 17.1 Å². The highest BCUT2D eigenvalue weighted by Crippen LogP contribution is 2.32. The van der Waals surface area contributed by atoms with Gasteiger partial charge in [-0.25, -0.2) is 9.37 Å². The molecule has 3 aromatic rings. The Morgan fingerprint density at radius 3 is 2.78 bits per heavy atom. The first kappa shape index (κ1) is 15.5. The molecule has 3 rings (SSSR count). The summed E-state index contributed by atoms with van der Waals surface area (Å²) in [5.41, 5.74) is 9.58. The quantitative estimate of drug-likeness (QED) is 0.683. The molecule has 3 N–H and O–H groups in total. The first-order valence-corrected chi connectivity index (χ1v) is 7.73. The molecule has 0 saturated carbocycles. The number of nitrogens with two attached hydrogens (primary N) is 1. The van der Waals surface area contributed by atoms with E-state index in [0.717, 1.165) is 47.0 Å². The highest BCUT2D eigenvalue weighted by atomic mass is 19.1. The van der Waals surface area contributed by atoms with Gasteiger partial charge in [0.25, 0.3) is 0 Å². The molecular weight excluding hydrogens is 293 g/mol. The highest BCUT2D eigenvalue weighted by molar-refractivity contribution is 5.90. The molecule has 5 heteroatoms. The van der Waals surface area contributed by atoms with E-state index < -0.39 is 0 Å². The molecule has 0 unspecified atom stereocenters. The topological polar surface area (TPSA) is 63.9 Å². The van der Waals surface area contributed by atoms with Crippen LogP contribution < -0.4 is 10.5 Å². The Kier molecular flexibility index (Phi) is 4.57. The lowest BCUT2D eigenvalue weighted by molar-refractivity contribution is 0.398. The Labute approximate surface area is 134 Å². The first-order chi connectivity index (χ1) is 11.2.